The molecule has 2 aromatic rings. The van der Waals surface area contributed by atoms with Crippen LogP contribution in [-0.4, -0.2) is 24.9 Å². The summed E-state index contributed by atoms with van der Waals surface area (Å²) in [4.78, 5) is 11.9. The molecule has 1 heterocycles. The van der Waals surface area contributed by atoms with Gasteiger partial charge in [-0.1, -0.05) is 23.7 Å². The molecule has 4 nitrogen and oxygen atoms in total. The van der Waals surface area contributed by atoms with E-state index in [1.165, 1.54) is 0 Å². The van der Waals surface area contributed by atoms with Gasteiger partial charge in [-0.2, -0.15) is 0 Å². The molecular weight excluding hydrogens is 290 g/mol. The molecular formula is C13H13ClF2N2O2. The molecule has 0 fully saturated rings. The maximum Gasteiger partial charge on any atom is 0.287 e. The van der Waals surface area contributed by atoms with Crippen molar-refractivity contribution in [1.82, 2.24) is 5.32 Å². The molecule has 20 heavy (non-hydrogen) atoms. The standard InChI is InChI=1S/C13H13ClF2N2O2/c1-7-8-3-2-4-9(14)11(8)20-10(7)12(19)18-6-13(15,16)5-17/h2-4H,5-6,17H2,1H3,(H,18,19). The van der Waals surface area contributed by atoms with E-state index in [0.717, 1.165) is 0 Å². The Labute approximate surface area is 118 Å². The second kappa shape index (κ2) is 5.38. The number of alkyl halides is 2. The molecule has 1 aromatic heterocycles. The molecule has 1 amide bonds. The number of rotatable bonds is 4. The summed E-state index contributed by atoms with van der Waals surface area (Å²) in [6.45, 7) is -0.0110. The Balaban J connectivity index is 2.27. The summed E-state index contributed by atoms with van der Waals surface area (Å²) < 4.78 is 31.4. The zero-order chi connectivity index (χ0) is 14.9. The van der Waals surface area contributed by atoms with Crippen molar-refractivity contribution < 1.29 is 18.0 Å². The first kappa shape index (κ1) is 14.7. The van der Waals surface area contributed by atoms with Gasteiger partial charge in [0.05, 0.1) is 18.1 Å². The van der Waals surface area contributed by atoms with Crippen molar-refractivity contribution >= 4 is 28.5 Å². The molecule has 0 bridgehead atoms. The Morgan fingerprint density at radius 1 is 1.50 bits per heavy atom. The number of hydrogen-bond donors (Lipinski definition) is 2. The number of para-hydroxylation sites is 1. The van der Waals surface area contributed by atoms with E-state index in [9.17, 15) is 13.6 Å². The largest absolute Gasteiger partial charge is 0.449 e. The first-order valence-electron chi connectivity index (χ1n) is 5.89. The summed E-state index contributed by atoms with van der Waals surface area (Å²) in [5.74, 6) is -3.89. The van der Waals surface area contributed by atoms with Crippen molar-refractivity contribution in [1.29, 1.82) is 0 Å². The van der Waals surface area contributed by atoms with Crippen LogP contribution in [0.4, 0.5) is 8.78 Å². The third kappa shape index (κ3) is 2.76. The van der Waals surface area contributed by atoms with Gasteiger partial charge in [0.15, 0.2) is 11.3 Å². The van der Waals surface area contributed by atoms with Gasteiger partial charge >= 0.3 is 0 Å². The molecule has 0 aliphatic carbocycles. The number of hydrogen-bond acceptors (Lipinski definition) is 3. The molecule has 0 atom stereocenters. The lowest BCUT2D eigenvalue weighted by Gasteiger charge is -2.13. The lowest BCUT2D eigenvalue weighted by Crippen LogP contribution is -2.41. The number of halogens is 3. The van der Waals surface area contributed by atoms with Crippen LogP contribution in [-0.2, 0) is 0 Å². The third-order valence-corrected chi connectivity index (χ3v) is 3.23. The van der Waals surface area contributed by atoms with E-state index < -0.39 is 24.9 Å². The van der Waals surface area contributed by atoms with Gasteiger partial charge in [-0.3, -0.25) is 4.79 Å². The molecule has 0 spiro atoms. The Morgan fingerprint density at radius 2 is 2.20 bits per heavy atom. The van der Waals surface area contributed by atoms with Gasteiger partial charge < -0.3 is 15.5 Å². The number of aryl methyl sites for hydroxylation is 1. The fourth-order valence-electron chi connectivity index (χ4n) is 1.79. The minimum absolute atomic E-state index is 0.0269. The average molecular weight is 303 g/mol. The summed E-state index contributed by atoms with van der Waals surface area (Å²) in [5.41, 5.74) is 5.82. The Kier molecular flexibility index (Phi) is 3.96. The van der Waals surface area contributed by atoms with Crippen molar-refractivity contribution in [3.63, 3.8) is 0 Å². The highest BCUT2D eigenvalue weighted by atomic mass is 35.5. The predicted octanol–water partition coefficient (Wildman–Crippen LogP) is 2.72. The van der Waals surface area contributed by atoms with E-state index in [0.29, 0.717) is 21.6 Å². The summed E-state index contributed by atoms with van der Waals surface area (Å²) in [6.07, 6.45) is 0. The number of carbonyl (C=O) groups excluding carboxylic acids is 1. The third-order valence-electron chi connectivity index (χ3n) is 2.93. The zero-order valence-electron chi connectivity index (χ0n) is 10.7. The SMILES string of the molecule is Cc1c(C(=O)NCC(F)(F)CN)oc2c(Cl)cccc12. The number of nitrogens with one attached hydrogen (secondary N) is 1. The van der Waals surface area contributed by atoms with Gasteiger partial charge in [0.2, 0.25) is 0 Å². The topological polar surface area (TPSA) is 68.3 Å². The monoisotopic (exact) mass is 302 g/mol. The minimum Gasteiger partial charge on any atom is -0.449 e. The number of carbonyl (C=O) groups is 1. The van der Waals surface area contributed by atoms with Crippen molar-refractivity contribution in [2.24, 2.45) is 5.73 Å². The lowest BCUT2D eigenvalue weighted by atomic mass is 10.1. The normalized spacial score (nSPS) is 11.8. The number of fused-ring (bicyclic) bond motifs is 1. The zero-order valence-corrected chi connectivity index (χ0v) is 11.4. The number of furan rings is 1. The first-order chi connectivity index (χ1) is 9.35. The Morgan fingerprint density at radius 3 is 2.80 bits per heavy atom. The molecule has 0 radical (unpaired) electrons. The van der Waals surface area contributed by atoms with Crippen LogP contribution in [0.1, 0.15) is 16.1 Å². The number of amides is 1. The molecule has 0 saturated carbocycles. The smallest absolute Gasteiger partial charge is 0.287 e. The summed E-state index contributed by atoms with van der Waals surface area (Å²) >= 11 is 5.96. The summed E-state index contributed by atoms with van der Waals surface area (Å²) in [6, 6.07) is 5.08. The summed E-state index contributed by atoms with van der Waals surface area (Å²) in [7, 11) is 0. The van der Waals surface area contributed by atoms with Crippen LogP contribution >= 0.6 is 11.6 Å². The number of nitrogens with two attached hydrogens (primary N) is 1. The average Bonchev–Trinajstić information content (AvgIpc) is 2.76. The first-order valence-corrected chi connectivity index (χ1v) is 6.27. The van der Waals surface area contributed by atoms with Crippen LogP contribution in [0.25, 0.3) is 11.0 Å². The van der Waals surface area contributed by atoms with E-state index in [-0.39, 0.29) is 5.76 Å². The number of benzene rings is 1. The molecule has 7 heteroatoms. The second-order valence-electron chi connectivity index (χ2n) is 4.42. The molecule has 108 valence electrons. The van der Waals surface area contributed by atoms with E-state index in [1.807, 2.05) is 0 Å². The van der Waals surface area contributed by atoms with Crippen LogP contribution in [0.5, 0.6) is 0 Å². The van der Waals surface area contributed by atoms with E-state index in [2.05, 4.69) is 5.32 Å². The van der Waals surface area contributed by atoms with Gasteiger partial charge in [-0.25, -0.2) is 8.78 Å². The maximum absolute atomic E-state index is 13.0. The fraction of sp³-hybridized carbons (Fsp3) is 0.308. The van der Waals surface area contributed by atoms with E-state index in [1.54, 1.807) is 25.1 Å². The predicted molar refractivity (Wildman–Crippen MR) is 72.3 cm³/mol. The fourth-order valence-corrected chi connectivity index (χ4v) is 2.00. The molecule has 1 aromatic carbocycles. The quantitative estimate of drug-likeness (QED) is 0.912. The summed E-state index contributed by atoms with van der Waals surface area (Å²) in [5, 5.41) is 3.14. The van der Waals surface area contributed by atoms with Gasteiger partial charge in [-0.05, 0) is 13.0 Å². The Bertz CT molecular complexity index is 655. The van der Waals surface area contributed by atoms with Crippen molar-refractivity contribution in [3.8, 4) is 0 Å². The maximum atomic E-state index is 13.0. The van der Waals surface area contributed by atoms with Crippen LogP contribution in [0.2, 0.25) is 5.02 Å². The Hall–Kier alpha value is -1.66. The van der Waals surface area contributed by atoms with Crippen LogP contribution in [0.3, 0.4) is 0 Å². The molecule has 2 rings (SSSR count). The van der Waals surface area contributed by atoms with Gasteiger partial charge in [-0.15, -0.1) is 0 Å². The highest BCUT2D eigenvalue weighted by Crippen LogP contribution is 2.30. The van der Waals surface area contributed by atoms with E-state index in [4.69, 9.17) is 21.8 Å². The molecule has 3 N–H and O–H groups in total. The van der Waals surface area contributed by atoms with Crippen LogP contribution in [0.15, 0.2) is 22.6 Å². The van der Waals surface area contributed by atoms with Gasteiger partial charge in [0.1, 0.15) is 0 Å². The molecule has 0 aliphatic heterocycles. The lowest BCUT2D eigenvalue weighted by molar-refractivity contribution is 0.0116. The highest BCUT2D eigenvalue weighted by Gasteiger charge is 2.28. The second-order valence-corrected chi connectivity index (χ2v) is 4.82. The minimum atomic E-state index is -3.15. The molecule has 0 unspecified atom stereocenters. The molecule has 0 saturated heterocycles. The van der Waals surface area contributed by atoms with Gasteiger partial charge in [0, 0.05) is 10.9 Å². The van der Waals surface area contributed by atoms with Crippen molar-refractivity contribution in [2.75, 3.05) is 13.1 Å². The highest BCUT2D eigenvalue weighted by molar-refractivity contribution is 6.35. The van der Waals surface area contributed by atoms with Crippen molar-refractivity contribution in [2.45, 2.75) is 12.8 Å². The molecule has 0 aliphatic rings. The van der Waals surface area contributed by atoms with Gasteiger partial charge in [0.25, 0.3) is 11.8 Å². The van der Waals surface area contributed by atoms with Crippen LogP contribution in [0, 0.1) is 6.92 Å². The van der Waals surface area contributed by atoms with Crippen molar-refractivity contribution in [3.05, 3.63) is 34.5 Å². The van der Waals surface area contributed by atoms with E-state index >= 15 is 0 Å². The van der Waals surface area contributed by atoms with Crippen LogP contribution < -0.4 is 11.1 Å².